The van der Waals surface area contributed by atoms with Gasteiger partial charge in [-0.25, -0.2) is 0 Å². The minimum absolute atomic E-state index is 0.159. The molecule has 0 saturated heterocycles. The highest BCUT2D eigenvalue weighted by atomic mass is 16.5. The number of methoxy groups -OCH3 is 3. The lowest BCUT2D eigenvalue weighted by molar-refractivity contribution is 0.412. The highest BCUT2D eigenvalue weighted by Crippen LogP contribution is 2.30. The van der Waals surface area contributed by atoms with Gasteiger partial charge >= 0.3 is 0 Å². The average Bonchev–Trinajstić information content (AvgIpc) is 2.86. The van der Waals surface area contributed by atoms with Crippen molar-refractivity contribution >= 4 is 0 Å². The molecule has 0 spiro atoms. The van der Waals surface area contributed by atoms with Gasteiger partial charge in [0.05, 0.1) is 21.3 Å². The molecular weight excluding hydrogens is 328 g/mol. The van der Waals surface area contributed by atoms with Gasteiger partial charge in [-0.2, -0.15) is 0 Å². The first kappa shape index (κ1) is 17.5. The molecule has 0 amide bonds. The summed E-state index contributed by atoms with van der Waals surface area (Å²) in [5, 5.41) is 0. The first-order valence-electron chi connectivity index (χ1n) is 8.18. The number of benzene rings is 2. The van der Waals surface area contributed by atoms with Crippen molar-refractivity contribution in [1.29, 1.82) is 0 Å². The summed E-state index contributed by atoms with van der Waals surface area (Å²) in [5.41, 5.74) is 2.85. The molecule has 0 aromatic heterocycles. The summed E-state index contributed by atoms with van der Waals surface area (Å²) < 4.78 is 15.9. The Morgan fingerprint density at radius 2 is 1.04 bits per heavy atom. The van der Waals surface area contributed by atoms with Gasteiger partial charge in [-0.3, -0.25) is 4.79 Å². The minimum atomic E-state index is -0.159. The van der Waals surface area contributed by atoms with Crippen LogP contribution in [0.1, 0.15) is 0 Å². The van der Waals surface area contributed by atoms with Gasteiger partial charge in [-0.15, -0.1) is 0 Å². The fourth-order valence-corrected chi connectivity index (χ4v) is 2.84. The maximum Gasteiger partial charge on any atom is 0.228 e. The van der Waals surface area contributed by atoms with E-state index in [0.717, 1.165) is 28.2 Å². The predicted octanol–water partition coefficient (Wildman–Crippen LogP) is 4.41. The summed E-state index contributed by atoms with van der Waals surface area (Å²) in [5.74, 6) is 1.81. The molecule has 0 saturated carbocycles. The van der Waals surface area contributed by atoms with E-state index in [0.29, 0.717) is 11.3 Å². The molecule has 0 fully saturated rings. The Balaban J connectivity index is 2.15. The molecule has 0 atom stereocenters. The molecule has 0 bridgehead atoms. The zero-order valence-electron chi connectivity index (χ0n) is 15.0. The van der Waals surface area contributed by atoms with Gasteiger partial charge in [0.25, 0.3) is 0 Å². The third kappa shape index (κ3) is 3.40. The second kappa shape index (κ2) is 7.74. The molecule has 0 radical (unpaired) electrons. The van der Waals surface area contributed by atoms with E-state index >= 15 is 0 Å². The van der Waals surface area contributed by atoms with Crippen LogP contribution in [0.4, 0.5) is 0 Å². The van der Waals surface area contributed by atoms with Crippen LogP contribution in [0, 0.1) is 0 Å². The van der Waals surface area contributed by atoms with Crippen LogP contribution in [0.5, 0.6) is 17.2 Å². The van der Waals surface area contributed by atoms with Gasteiger partial charge in [0.1, 0.15) is 11.5 Å². The lowest BCUT2D eigenvalue weighted by Gasteiger charge is -2.07. The summed E-state index contributed by atoms with van der Waals surface area (Å²) in [4.78, 5) is 13.1. The van der Waals surface area contributed by atoms with E-state index in [1.54, 1.807) is 20.3 Å². The second-order valence-electron chi connectivity index (χ2n) is 5.67. The Bertz CT molecular complexity index is 945. The van der Waals surface area contributed by atoms with Gasteiger partial charge in [0, 0.05) is 11.1 Å². The van der Waals surface area contributed by atoms with Crippen LogP contribution < -0.4 is 19.6 Å². The van der Waals surface area contributed by atoms with Crippen molar-refractivity contribution in [3.63, 3.8) is 0 Å². The fourth-order valence-electron chi connectivity index (χ4n) is 2.84. The largest absolute Gasteiger partial charge is 0.497 e. The highest BCUT2D eigenvalue weighted by Gasteiger charge is 2.13. The van der Waals surface area contributed by atoms with Crippen LogP contribution >= 0.6 is 0 Å². The maximum atomic E-state index is 13.1. The van der Waals surface area contributed by atoms with Gasteiger partial charge in [-0.1, -0.05) is 42.5 Å². The second-order valence-corrected chi connectivity index (χ2v) is 5.67. The quantitative estimate of drug-likeness (QED) is 0.685. The molecular formula is C22H20O4. The Labute approximate surface area is 152 Å². The van der Waals surface area contributed by atoms with Gasteiger partial charge in [0.2, 0.25) is 5.43 Å². The molecule has 3 aromatic carbocycles. The molecule has 0 aliphatic carbocycles. The summed E-state index contributed by atoms with van der Waals surface area (Å²) >= 11 is 0. The van der Waals surface area contributed by atoms with Gasteiger partial charge in [0.15, 0.2) is 5.75 Å². The van der Waals surface area contributed by atoms with Crippen LogP contribution in [0.3, 0.4) is 0 Å². The van der Waals surface area contributed by atoms with Crippen LogP contribution in [-0.2, 0) is 0 Å². The SMILES string of the molecule is COc1ccc(-c2cccc(-c3ccc(OC)cc3)c(=O)c2OC)cc1. The third-order valence-electron chi connectivity index (χ3n) is 4.23. The molecule has 0 aliphatic heterocycles. The lowest BCUT2D eigenvalue weighted by atomic mass is 10.0. The minimum Gasteiger partial charge on any atom is -0.497 e. The van der Waals surface area contributed by atoms with E-state index in [9.17, 15) is 4.79 Å². The van der Waals surface area contributed by atoms with Crippen molar-refractivity contribution in [2.24, 2.45) is 0 Å². The molecule has 0 unspecified atom stereocenters. The summed E-state index contributed by atoms with van der Waals surface area (Å²) in [7, 11) is 4.75. The third-order valence-corrected chi connectivity index (χ3v) is 4.23. The number of ether oxygens (including phenoxy) is 3. The van der Waals surface area contributed by atoms with Gasteiger partial charge in [-0.05, 0) is 35.4 Å². The van der Waals surface area contributed by atoms with Crippen LogP contribution in [0.2, 0.25) is 0 Å². The standard InChI is InChI=1S/C22H20O4/c1-24-17-11-7-15(8-12-17)19-5-4-6-20(22(26-3)21(19)23)16-9-13-18(25-2)14-10-16/h4-14H,1-3H3. The molecule has 0 heterocycles. The van der Waals surface area contributed by atoms with E-state index < -0.39 is 0 Å². The number of hydrogen-bond donors (Lipinski definition) is 0. The monoisotopic (exact) mass is 348 g/mol. The summed E-state index contributed by atoms with van der Waals surface area (Å²) in [6.07, 6.45) is 0. The van der Waals surface area contributed by atoms with Crippen molar-refractivity contribution in [3.05, 3.63) is 77.0 Å². The predicted molar refractivity (Wildman–Crippen MR) is 103 cm³/mol. The van der Waals surface area contributed by atoms with Crippen molar-refractivity contribution in [3.8, 4) is 39.5 Å². The molecule has 132 valence electrons. The average molecular weight is 348 g/mol. The molecule has 4 heteroatoms. The van der Waals surface area contributed by atoms with Crippen molar-refractivity contribution < 1.29 is 14.2 Å². The zero-order chi connectivity index (χ0) is 18.5. The lowest BCUT2D eigenvalue weighted by Crippen LogP contribution is -2.06. The smallest absolute Gasteiger partial charge is 0.228 e. The first-order valence-corrected chi connectivity index (χ1v) is 8.18. The van der Waals surface area contributed by atoms with Crippen molar-refractivity contribution in [2.75, 3.05) is 21.3 Å². The molecule has 3 rings (SSSR count). The van der Waals surface area contributed by atoms with Crippen LogP contribution in [0.25, 0.3) is 22.3 Å². The zero-order valence-corrected chi connectivity index (χ0v) is 15.0. The number of hydrogen-bond acceptors (Lipinski definition) is 4. The highest BCUT2D eigenvalue weighted by molar-refractivity contribution is 5.74. The van der Waals surface area contributed by atoms with Crippen molar-refractivity contribution in [1.82, 2.24) is 0 Å². The fraction of sp³-hybridized carbons (Fsp3) is 0.136. The van der Waals surface area contributed by atoms with E-state index in [1.807, 2.05) is 60.7 Å². The Morgan fingerprint density at radius 1 is 0.577 bits per heavy atom. The van der Waals surface area contributed by atoms with E-state index in [1.165, 1.54) is 7.11 Å². The Kier molecular flexibility index (Phi) is 5.23. The van der Waals surface area contributed by atoms with E-state index in [2.05, 4.69) is 0 Å². The van der Waals surface area contributed by atoms with E-state index in [4.69, 9.17) is 14.2 Å². The van der Waals surface area contributed by atoms with Gasteiger partial charge < -0.3 is 14.2 Å². The molecule has 4 nitrogen and oxygen atoms in total. The van der Waals surface area contributed by atoms with Crippen LogP contribution in [0.15, 0.2) is 71.5 Å². The Morgan fingerprint density at radius 3 is 1.50 bits per heavy atom. The molecule has 0 aliphatic rings. The normalized spacial score (nSPS) is 10.3. The molecule has 3 aromatic rings. The summed E-state index contributed by atoms with van der Waals surface area (Å²) in [6.45, 7) is 0. The molecule has 26 heavy (non-hydrogen) atoms. The molecule has 0 N–H and O–H groups in total. The topological polar surface area (TPSA) is 44.8 Å². The van der Waals surface area contributed by atoms with Crippen molar-refractivity contribution in [2.45, 2.75) is 0 Å². The Hall–Kier alpha value is -3.27. The number of rotatable bonds is 5. The van der Waals surface area contributed by atoms with E-state index in [-0.39, 0.29) is 5.43 Å². The first-order chi connectivity index (χ1) is 12.7. The summed E-state index contributed by atoms with van der Waals surface area (Å²) in [6, 6.07) is 20.5. The maximum absolute atomic E-state index is 13.1. The van der Waals surface area contributed by atoms with Crippen LogP contribution in [-0.4, -0.2) is 21.3 Å².